The lowest BCUT2D eigenvalue weighted by Gasteiger charge is -2.57. The van der Waals surface area contributed by atoms with Gasteiger partial charge in [0.15, 0.2) is 11.0 Å². The maximum Gasteiger partial charge on any atom is 0.171 e. The Morgan fingerprint density at radius 3 is 2.00 bits per heavy atom. The average Bonchev–Trinajstić information content (AvgIpc) is 2.34. The fourth-order valence-electron chi connectivity index (χ4n) is 5.17. The van der Waals surface area contributed by atoms with Crippen LogP contribution in [0.4, 0.5) is 5.82 Å². The third-order valence-corrected chi connectivity index (χ3v) is 5.95. The molecule has 1 aromatic heterocycles. The van der Waals surface area contributed by atoms with Gasteiger partial charge in [-0.05, 0) is 70.1 Å². The first kappa shape index (κ1) is 12.9. The molecule has 20 heavy (non-hydrogen) atoms. The third-order valence-electron chi connectivity index (χ3n) is 5.69. The van der Waals surface area contributed by atoms with E-state index in [0.29, 0.717) is 5.15 Å². The van der Waals surface area contributed by atoms with Crippen LogP contribution in [0.2, 0.25) is 5.15 Å². The number of aryl methyl sites for hydroxylation is 2. The number of anilines is 1. The van der Waals surface area contributed by atoms with Gasteiger partial charge in [0.05, 0.1) is 11.4 Å². The highest BCUT2D eigenvalue weighted by Crippen LogP contribution is 2.56. The Bertz CT molecular complexity index is 520. The van der Waals surface area contributed by atoms with Gasteiger partial charge in [0, 0.05) is 5.54 Å². The van der Waals surface area contributed by atoms with Gasteiger partial charge in [0.2, 0.25) is 0 Å². The average molecular weight is 292 g/mol. The molecule has 4 aliphatic carbocycles. The summed E-state index contributed by atoms with van der Waals surface area (Å²) in [7, 11) is 0. The highest BCUT2D eigenvalue weighted by Gasteiger charge is 2.51. The number of nitrogens with one attached hydrogen (secondary N) is 1. The molecule has 4 saturated carbocycles. The SMILES string of the molecule is Cc1nc(Cl)c(NC23CC4CC(CC(C4)C2)C3)nc1C. The second-order valence-electron chi connectivity index (χ2n) is 7.36. The summed E-state index contributed by atoms with van der Waals surface area (Å²) in [5.74, 6) is 3.57. The number of nitrogens with zero attached hydrogens (tertiary/aromatic N) is 2. The van der Waals surface area contributed by atoms with Crippen LogP contribution in [0, 0.1) is 31.6 Å². The molecular weight excluding hydrogens is 270 g/mol. The highest BCUT2D eigenvalue weighted by molar-refractivity contribution is 6.31. The van der Waals surface area contributed by atoms with E-state index in [2.05, 4.69) is 15.3 Å². The van der Waals surface area contributed by atoms with Gasteiger partial charge in [0.25, 0.3) is 0 Å². The lowest BCUT2D eigenvalue weighted by atomic mass is 9.53. The molecule has 0 saturated heterocycles. The molecule has 3 nitrogen and oxygen atoms in total. The predicted molar refractivity (Wildman–Crippen MR) is 81.0 cm³/mol. The molecule has 108 valence electrons. The minimum Gasteiger partial charge on any atom is -0.362 e. The van der Waals surface area contributed by atoms with Crippen LogP contribution in [-0.4, -0.2) is 15.5 Å². The Morgan fingerprint density at radius 2 is 1.45 bits per heavy atom. The fourth-order valence-corrected chi connectivity index (χ4v) is 5.39. The second-order valence-corrected chi connectivity index (χ2v) is 7.71. The van der Waals surface area contributed by atoms with Crippen molar-refractivity contribution >= 4 is 17.4 Å². The lowest BCUT2D eigenvalue weighted by molar-refractivity contribution is 0.0105. The van der Waals surface area contributed by atoms with Gasteiger partial charge in [-0.3, -0.25) is 0 Å². The van der Waals surface area contributed by atoms with E-state index in [4.69, 9.17) is 11.6 Å². The molecule has 0 amide bonds. The molecule has 4 fully saturated rings. The zero-order valence-electron chi connectivity index (χ0n) is 12.2. The van der Waals surface area contributed by atoms with Crippen LogP contribution in [-0.2, 0) is 0 Å². The molecule has 1 heterocycles. The first-order valence-electron chi connectivity index (χ1n) is 7.82. The van der Waals surface area contributed by atoms with Crippen molar-refractivity contribution in [2.45, 2.75) is 57.9 Å². The first-order valence-corrected chi connectivity index (χ1v) is 8.20. The topological polar surface area (TPSA) is 37.8 Å². The van der Waals surface area contributed by atoms with E-state index in [1.54, 1.807) is 0 Å². The summed E-state index contributed by atoms with van der Waals surface area (Å²) >= 11 is 6.31. The zero-order chi connectivity index (χ0) is 13.9. The summed E-state index contributed by atoms with van der Waals surface area (Å²) in [5, 5.41) is 4.25. The Balaban J connectivity index is 1.64. The van der Waals surface area contributed by atoms with E-state index in [1.165, 1.54) is 38.5 Å². The molecule has 0 aromatic carbocycles. The van der Waals surface area contributed by atoms with Crippen LogP contribution < -0.4 is 5.32 Å². The van der Waals surface area contributed by atoms with Crippen molar-refractivity contribution in [3.8, 4) is 0 Å². The van der Waals surface area contributed by atoms with E-state index < -0.39 is 0 Å². The van der Waals surface area contributed by atoms with E-state index in [0.717, 1.165) is 35.0 Å². The number of halogens is 1. The monoisotopic (exact) mass is 291 g/mol. The summed E-state index contributed by atoms with van der Waals surface area (Å²) in [6.45, 7) is 3.96. The van der Waals surface area contributed by atoms with E-state index >= 15 is 0 Å². The van der Waals surface area contributed by atoms with Crippen LogP contribution >= 0.6 is 11.6 Å². The van der Waals surface area contributed by atoms with Gasteiger partial charge in [-0.1, -0.05) is 11.6 Å². The predicted octanol–water partition coefficient (Wildman–Crippen LogP) is 4.13. The van der Waals surface area contributed by atoms with Crippen molar-refractivity contribution in [2.24, 2.45) is 17.8 Å². The second kappa shape index (κ2) is 4.33. The molecule has 1 aromatic rings. The molecule has 4 aliphatic rings. The molecule has 0 unspecified atom stereocenters. The smallest absolute Gasteiger partial charge is 0.171 e. The minimum absolute atomic E-state index is 0.245. The van der Waals surface area contributed by atoms with Crippen molar-refractivity contribution < 1.29 is 0 Å². The minimum atomic E-state index is 0.245. The molecule has 0 spiro atoms. The van der Waals surface area contributed by atoms with E-state index in [-0.39, 0.29) is 5.54 Å². The standard InChI is InChI=1S/C16H22ClN3/c1-9-10(2)19-15(14(17)18-9)20-16-6-11-3-12(7-16)5-13(4-11)8-16/h11-13H,3-8H2,1-2H3,(H,19,20). The summed E-state index contributed by atoms with van der Waals surface area (Å²) in [5.41, 5.74) is 2.14. The number of hydrogen-bond acceptors (Lipinski definition) is 3. The lowest BCUT2D eigenvalue weighted by Crippen LogP contribution is -2.55. The van der Waals surface area contributed by atoms with Crippen LogP contribution in [0.3, 0.4) is 0 Å². The van der Waals surface area contributed by atoms with Crippen molar-refractivity contribution in [3.05, 3.63) is 16.5 Å². The van der Waals surface area contributed by atoms with Crippen LogP contribution in [0.5, 0.6) is 0 Å². The van der Waals surface area contributed by atoms with Gasteiger partial charge in [-0.25, -0.2) is 9.97 Å². The van der Waals surface area contributed by atoms with Gasteiger partial charge in [-0.2, -0.15) is 0 Å². The molecule has 1 N–H and O–H groups in total. The van der Waals surface area contributed by atoms with E-state index in [9.17, 15) is 0 Å². The van der Waals surface area contributed by atoms with Crippen molar-refractivity contribution in [2.75, 3.05) is 5.32 Å². The quantitative estimate of drug-likeness (QED) is 0.890. The summed E-state index contributed by atoms with van der Waals surface area (Å²) in [4.78, 5) is 9.05. The Hall–Kier alpha value is -0.830. The Morgan fingerprint density at radius 1 is 0.950 bits per heavy atom. The number of rotatable bonds is 2. The maximum absolute atomic E-state index is 6.31. The van der Waals surface area contributed by atoms with Gasteiger partial charge < -0.3 is 5.32 Å². The molecule has 4 bridgehead atoms. The van der Waals surface area contributed by atoms with Crippen LogP contribution in [0.1, 0.15) is 49.9 Å². The zero-order valence-corrected chi connectivity index (χ0v) is 13.0. The van der Waals surface area contributed by atoms with Gasteiger partial charge >= 0.3 is 0 Å². The molecule has 4 heteroatoms. The molecule has 0 aliphatic heterocycles. The molecule has 5 rings (SSSR count). The normalized spacial score (nSPS) is 38.2. The summed E-state index contributed by atoms with van der Waals surface area (Å²) < 4.78 is 0. The van der Waals surface area contributed by atoms with Crippen molar-refractivity contribution in [1.82, 2.24) is 9.97 Å². The van der Waals surface area contributed by atoms with Crippen LogP contribution in [0.15, 0.2) is 0 Å². The fraction of sp³-hybridized carbons (Fsp3) is 0.750. The maximum atomic E-state index is 6.31. The van der Waals surface area contributed by atoms with Crippen LogP contribution in [0.25, 0.3) is 0 Å². The van der Waals surface area contributed by atoms with Gasteiger partial charge in [0.1, 0.15) is 0 Å². The number of aromatic nitrogens is 2. The Kier molecular flexibility index (Phi) is 2.79. The largest absolute Gasteiger partial charge is 0.362 e. The summed E-state index contributed by atoms with van der Waals surface area (Å²) in [6, 6.07) is 0. The number of hydrogen-bond donors (Lipinski definition) is 1. The molecule has 0 radical (unpaired) electrons. The van der Waals surface area contributed by atoms with E-state index in [1.807, 2.05) is 13.8 Å². The Labute approximate surface area is 125 Å². The van der Waals surface area contributed by atoms with Crippen molar-refractivity contribution in [1.29, 1.82) is 0 Å². The third kappa shape index (κ3) is 2.02. The first-order chi connectivity index (χ1) is 9.53. The molecular formula is C16H22ClN3. The van der Waals surface area contributed by atoms with Crippen molar-refractivity contribution in [3.63, 3.8) is 0 Å². The molecule has 0 atom stereocenters. The summed E-state index contributed by atoms with van der Waals surface area (Å²) in [6.07, 6.45) is 8.24. The van der Waals surface area contributed by atoms with Gasteiger partial charge in [-0.15, -0.1) is 0 Å². The highest BCUT2D eigenvalue weighted by atomic mass is 35.5.